The first kappa shape index (κ1) is 19.2. The Kier molecular flexibility index (Phi) is 6.82. The molecule has 0 bridgehead atoms. The third-order valence-electron chi connectivity index (χ3n) is 4.03. The molecule has 1 amide bonds. The SMILES string of the molecule is Cc1ccc(Oc2ccccc2)c(NC(=O)[C@@H]2CC[C@H](CN)O2)c1.Cl. The second kappa shape index (κ2) is 8.85. The molecular formula is C19H23ClN2O3. The minimum Gasteiger partial charge on any atom is -0.455 e. The standard InChI is InChI=1S/C19H22N2O3.ClH/c1-13-7-9-17(23-14-5-3-2-4-6-14)16(11-13)21-19(22)18-10-8-15(12-20)24-18;/h2-7,9,11,15,18H,8,10,12,20H2,1H3,(H,21,22);1H/t15-,18+;/m1./s1. The van der Waals surface area contributed by atoms with Crippen molar-refractivity contribution in [1.29, 1.82) is 0 Å². The van der Waals surface area contributed by atoms with Gasteiger partial charge in [-0.2, -0.15) is 0 Å². The fraction of sp³-hybridized carbons (Fsp3) is 0.316. The molecule has 0 spiro atoms. The summed E-state index contributed by atoms with van der Waals surface area (Å²) in [6, 6.07) is 15.2. The fourth-order valence-electron chi connectivity index (χ4n) is 2.73. The van der Waals surface area contributed by atoms with Crippen LogP contribution in [0.5, 0.6) is 11.5 Å². The van der Waals surface area contributed by atoms with Crippen LogP contribution >= 0.6 is 12.4 Å². The summed E-state index contributed by atoms with van der Waals surface area (Å²) in [7, 11) is 0. The van der Waals surface area contributed by atoms with Crippen molar-refractivity contribution in [2.45, 2.75) is 32.0 Å². The number of para-hydroxylation sites is 1. The van der Waals surface area contributed by atoms with Gasteiger partial charge in [-0.3, -0.25) is 4.79 Å². The van der Waals surface area contributed by atoms with Gasteiger partial charge in [-0.15, -0.1) is 12.4 Å². The van der Waals surface area contributed by atoms with Crippen molar-refractivity contribution in [2.75, 3.05) is 11.9 Å². The average Bonchev–Trinajstić information content (AvgIpc) is 3.07. The molecular weight excluding hydrogens is 340 g/mol. The van der Waals surface area contributed by atoms with Crippen LogP contribution in [0, 0.1) is 6.92 Å². The van der Waals surface area contributed by atoms with Gasteiger partial charge in [0.25, 0.3) is 5.91 Å². The third kappa shape index (κ3) is 4.95. The Labute approximate surface area is 153 Å². The first-order chi connectivity index (χ1) is 11.7. The Hall–Kier alpha value is -2.08. The Balaban J connectivity index is 0.00000225. The lowest BCUT2D eigenvalue weighted by Crippen LogP contribution is -2.29. The molecule has 2 atom stereocenters. The van der Waals surface area contributed by atoms with E-state index in [4.69, 9.17) is 15.2 Å². The van der Waals surface area contributed by atoms with E-state index in [0.717, 1.165) is 17.7 Å². The van der Waals surface area contributed by atoms with Crippen molar-refractivity contribution < 1.29 is 14.3 Å². The van der Waals surface area contributed by atoms with Crippen LogP contribution in [0.4, 0.5) is 5.69 Å². The summed E-state index contributed by atoms with van der Waals surface area (Å²) in [6.45, 7) is 2.41. The maximum Gasteiger partial charge on any atom is 0.253 e. The van der Waals surface area contributed by atoms with Gasteiger partial charge in [0.2, 0.25) is 0 Å². The molecule has 2 aromatic rings. The third-order valence-corrected chi connectivity index (χ3v) is 4.03. The lowest BCUT2D eigenvalue weighted by molar-refractivity contribution is -0.126. The molecule has 3 rings (SSSR count). The molecule has 1 fully saturated rings. The molecule has 2 aromatic carbocycles. The molecule has 134 valence electrons. The van der Waals surface area contributed by atoms with Crippen molar-refractivity contribution in [3.05, 3.63) is 54.1 Å². The number of amides is 1. The van der Waals surface area contributed by atoms with Gasteiger partial charge >= 0.3 is 0 Å². The number of ether oxygens (including phenoxy) is 2. The lowest BCUT2D eigenvalue weighted by Gasteiger charge is -2.16. The number of hydrogen-bond acceptors (Lipinski definition) is 4. The van der Waals surface area contributed by atoms with Crippen LogP contribution in [0.15, 0.2) is 48.5 Å². The molecule has 1 aliphatic heterocycles. The molecule has 1 aliphatic rings. The highest BCUT2D eigenvalue weighted by atomic mass is 35.5. The summed E-state index contributed by atoms with van der Waals surface area (Å²) in [5.74, 6) is 1.17. The molecule has 3 N–H and O–H groups in total. The second-order valence-electron chi connectivity index (χ2n) is 5.96. The van der Waals surface area contributed by atoms with Crippen LogP contribution < -0.4 is 15.8 Å². The zero-order valence-corrected chi connectivity index (χ0v) is 14.9. The van der Waals surface area contributed by atoms with Crippen molar-refractivity contribution in [3.63, 3.8) is 0 Å². The van der Waals surface area contributed by atoms with Crippen molar-refractivity contribution >= 4 is 24.0 Å². The predicted molar refractivity (Wildman–Crippen MR) is 101 cm³/mol. The van der Waals surface area contributed by atoms with Crippen molar-refractivity contribution in [1.82, 2.24) is 0 Å². The van der Waals surface area contributed by atoms with Gasteiger partial charge in [-0.05, 0) is 49.6 Å². The Morgan fingerprint density at radius 3 is 2.68 bits per heavy atom. The zero-order chi connectivity index (χ0) is 16.9. The van der Waals surface area contributed by atoms with Crippen LogP contribution in [0.2, 0.25) is 0 Å². The summed E-state index contributed by atoms with van der Waals surface area (Å²) in [6.07, 6.45) is 1.02. The summed E-state index contributed by atoms with van der Waals surface area (Å²) in [5, 5.41) is 2.93. The van der Waals surface area contributed by atoms with E-state index in [1.807, 2.05) is 55.5 Å². The minimum atomic E-state index is -0.455. The lowest BCUT2D eigenvalue weighted by atomic mass is 10.1. The van der Waals surface area contributed by atoms with E-state index in [1.54, 1.807) is 0 Å². The van der Waals surface area contributed by atoms with Gasteiger partial charge in [0.15, 0.2) is 5.75 Å². The summed E-state index contributed by atoms with van der Waals surface area (Å²) in [4.78, 5) is 12.5. The first-order valence-electron chi connectivity index (χ1n) is 8.15. The number of carbonyl (C=O) groups excluding carboxylic acids is 1. The number of anilines is 1. The van der Waals surface area contributed by atoms with Crippen LogP contribution in [-0.2, 0) is 9.53 Å². The minimum absolute atomic E-state index is 0. The molecule has 0 aliphatic carbocycles. The monoisotopic (exact) mass is 362 g/mol. The Bertz CT molecular complexity index is 709. The number of carbonyl (C=O) groups is 1. The molecule has 0 aromatic heterocycles. The number of aryl methyl sites for hydroxylation is 1. The van der Waals surface area contributed by atoms with E-state index in [0.29, 0.717) is 24.4 Å². The Morgan fingerprint density at radius 1 is 1.24 bits per heavy atom. The number of hydrogen-bond donors (Lipinski definition) is 2. The molecule has 6 heteroatoms. The number of halogens is 1. The van der Waals surface area contributed by atoms with Gasteiger partial charge in [0, 0.05) is 6.54 Å². The van der Waals surface area contributed by atoms with Gasteiger partial charge in [-0.1, -0.05) is 24.3 Å². The zero-order valence-electron chi connectivity index (χ0n) is 14.1. The second-order valence-corrected chi connectivity index (χ2v) is 5.96. The van der Waals surface area contributed by atoms with Gasteiger partial charge in [0.05, 0.1) is 11.8 Å². The van der Waals surface area contributed by atoms with E-state index in [9.17, 15) is 4.79 Å². The number of nitrogens with two attached hydrogens (primary N) is 1. The smallest absolute Gasteiger partial charge is 0.253 e. The number of benzene rings is 2. The van der Waals surface area contributed by atoms with Crippen LogP contribution in [0.3, 0.4) is 0 Å². The summed E-state index contributed by atoms with van der Waals surface area (Å²) >= 11 is 0. The van der Waals surface area contributed by atoms with Crippen molar-refractivity contribution in [3.8, 4) is 11.5 Å². The summed E-state index contributed by atoms with van der Waals surface area (Å²) in [5.41, 5.74) is 7.28. The molecule has 0 radical (unpaired) electrons. The van der Waals surface area contributed by atoms with Gasteiger partial charge < -0.3 is 20.5 Å². The van der Waals surface area contributed by atoms with E-state index >= 15 is 0 Å². The molecule has 0 unspecified atom stereocenters. The van der Waals surface area contributed by atoms with Crippen molar-refractivity contribution in [2.24, 2.45) is 5.73 Å². The first-order valence-corrected chi connectivity index (χ1v) is 8.15. The van der Waals surface area contributed by atoms with Crippen LogP contribution in [0.1, 0.15) is 18.4 Å². The average molecular weight is 363 g/mol. The predicted octanol–water partition coefficient (Wildman–Crippen LogP) is 3.65. The normalized spacial score (nSPS) is 19.1. The number of nitrogens with one attached hydrogen (secondary N) is 1. The molecule has 25 heavy (non-hydrogen) atoms. The maximum absolute atomic E-state index is 12.5. The Morgan fingerprint density at radius 2 is 2.00 bits per heavy atom. The quantitative estimate of drug-likeness (QED) is 0.851. The van der Waals surface area contributed by atoms with E-state index in [1.165, 1.54) is 0 Å². The van der Waals surface area contributed by atoms with Crippen LogP contribution in [-0.4, -0.2) is 24.7 Å². The molecule has 0 saturated carbocycles. The molecule has 5 nitrogen and oxygen atoms in total. The topological polar surface area (TPSA) is 73.6 Å². The fourth-order valence-corrected chi connectivity index (χ4v) is 2.73. The van der Waals surface area contributed by atoms with Gasteiger partial charge in [-0.25, -0.2) is 0 Å². The summed E-state index contributed by atoms with van der Waals surface area (Å²) < 4.78 is 11.5. The molecule has 1 saturated heterocycles. The number of rotatable bonds is 5. The maximum atomic E-state index is 12.5. The highest BCUT2D eigenvalue weighted by Crippen LogP contribution is 2.31. The highest BCUT2D eigenvalue weighted by molar-refractivity contribution is 5.95. The van der Waals surface area contributed by atoms with Gasteiger partial charge in [0.1, 0.15) is 11.9 Å². The van der Waals surface area contributed by atoms with E-state index in [-0.39, 0.29) is 24.4 Å². The largest absolute Gasteiger partial charge is 0.455 e. The van der Waals surface area contributed by atoms with E-state index < -0.39 is 6.10 Å². The van der Waals surface area contributed by atoms with Crippen LogP contribution in [0.25, 0.3) is 0 Å². The molecule has 1 heterocycles. The van der Waals surface area contributed by atoms with E-state index in [2.05, 4.69) is 5.32 Å². The highest BCUT2D eigenvalue weighted by Gasteiger charge is 2.30.